The maximum absolute atomic E-state index is 13.4. The van der Waals surface area contributed by atoms with E-state index in [1.807, 2.05) is 13.8 Å². The Balaban J connectivity index is 1.74. The Labute approximate surface area is 198 Å². The lowest BCUT2D eigenvalue weighted by atomic mass is 10.1. The molecule has 8 nitrogen and oxygen atoms in total. The van der Waals surface area contributed by atoms with Crippen molar-refractivity contribution in [3.63, 3.8) is 0 Å². The topological polar surface area (TPSA) is 97.6 Å². The van der Waals surface area contributed by atoms with Crippen LogP contribution in [0.5, 0.6) is 5.75 Å². The first-order valence-corrected chi connectivity index (χ1v) is 11.4. The second-order valence-electron chi connectivity index (χ2n) is 8.06. The van der Waals surface area contributed by atoms with Gasteiger partial charge >= 0.3 is 0 Å². The number of nitrogens with zero attached hydrogens (tertiary/aromatic N) is 4. The van der Waals surface area contributed by atoms with Gasteiger partial charge in [-0.25, -0.2) is 4.39 Å². The van der Waals surface area contributed by atoms with Crippen molar-refractivity contribution in [3.05, 3.63) is 61.7 Å². The molecule has 1 aliphatic rings. The predicted octanol–water partition coefficient (Wildman–Crippen LogP) is 3.51. The molecule has 1 amide bonds. The molecule has 0 bridgehead atoms. The Morgan fingerprint density at radius 1 is 1.33 bits per heavy atom. The van der Waals surface area contributed by atoms with Gasteiger partial charge in [0.05, 0.1) is 23.2 Å². The van der Waals surface area contributed by atoms with Gasteiger partial charge in [-0.1, -0.05) is 29.0 Å². The number of fused-ring (bicyclic) bond motifs is 1. The molecule has 3 aromatic rings. The Bertz CT molecular complexity index is 1280. The maximum atomic E-state index is 13.4. The number of hydrogen-bond acceptors (Lipinski definition) is 7. The van der Waals surface area contributed by atoms with E-state index in [4.69, 9.17) is 16.3 Å². The van der Waals surface area contributed by atoms with E-state index >= 15 is 0 Å². The Hall–Kier alpha value is -2.82. The molecule has 0 saturated carbocycles. The summed E-state index contributed by atoms with van der Waals surface area (Å²) in [6.45, 7) is 4.42. The number of halogens is 2. The molecule has 33 heavy (non-hydrogen) atoms. The van der Waals surface area contributed by atoms with E-state index in [0.29, 0.717) is 23.0 Å². The van der Waals surface area contributed by atoms with E-state index in [-0.39, 0.29) is 35.0 Å². The van der Waals surface area contributed by atoms with Gasteiger partial charge in [0.15, 0.2) is 16.5 Å². The van der Waals surface area contributed by atoms with E-state index in [1.165, 1.54) is 29.7 Å². The van der Waals surface area contributed by atoms with Gasteiger partial charge in [0.2, 0.25) is 5.43 Å². The number of methoxy groups -OCH3 is 1. The van der Waals surface area contributed by atoms with Crippen molar-refractivity contribution >= 4 is 28.8 Å². The summed E-state index contributed by atoms with van der Waals surface area (Å²) in [5.41, 5.74) is 0.137. The van der Waals surface area contributed by atoms with Crippen LogP contribution in [0.15, 0.2) is 29.2 Å². The Morgan fingerprint density at radius 2 is 2.09 bits per heavy atom. The fourth-order valence-corrected chi connectivity index (χ4v) is 4.92. The summed E-state index contributed by atoms with van der Waals surface area (Å²) in [5.74, 6) is -1.54. The summed E-state index contributed by atoms with van der Waals surface area (Å²) in [4.78, 5) is 27.6. The van der Waals surface area contributed by atoms with Crippen molar-refractivity contribution in [1.82, 2.24) is 19.7 Å². The zero-order valence-corrected chi connectivity index (χ0v) is 19.8. The smallest absolute Gasteiger partial charge is 0.274 e. The van der Waals surface area contributed by atoms with Crippen molar-refractivity contribution in [2.45, 2.75) is 32.4 Å². The number of hydrogen-bond donors (Lipinski definition) is 1. The molecule has 0 radical (unpaired) electrons. The number of benzene rings is 1. The van der Waals surface area contributed by atoms with Gasteiger partial charge in [-0.15, -0.1) is 10.2 Å². The first-order chi connectivity index (χ1) is 15.7. The first-order valence-electron chi connectivity index (χ1n) is 10.3. The monoisotopic (exact) mass is 492 g/mol. The number of ether oxygens (including phenoxy) is 1. The van der Waals surface area contributed by atoms with Crippen LogP contribution in [0.2, 0.25) is 5.02 Å². The van der Waals surface area contributed by atoms with Crippen LogP contribution < -0.4 is 5.43 Å². The maximum Gasteiger partial charge on any atom is 0.274 e. The molecule has 0 saturated heterocycles. The normalized spacial score (nSPS) is 15.9. The van der Waals surface area contributed by atoms with Gasteiger partial charge in [-0.05, 0) is 31.5 Å². The Kier molecular flexibility index (Phi) is 6.51. The summed E-state index contributed by atoms with van der Waals surface area (Å²) in [7, 11) is 1.55. The highest BCUT2D eigenvalue weighted by molar-refractivity contribution is 7.14. The van der Waals surface area contributed by atoms with E-state index in [9.17, 15) is 19.1 Å². The standard InChI is InChI=1S/C22H22ClFN4O4S/c1-11(2)27-8-13(10-32-3)28-9-14(19(29)20(30)18(28)22(27)31)21-26-25-17(33-21)7-12-4-5-16(24)15(23)6-12/h4-6,9,11,13,30H,7-8,10H2,1-3H3/t13-/m1/s1. The summed E-state index contributed by atoms with van der Waals surface area (Å²) < 4.78 is 20.3. The fraction of sp³-hybridized carbons (Fsp3) is 0.364. The summed E-state index contributed by atoms with van der Waals surface area (Å²) >= 11 is 7.02. The molecule has 174 valence electrons. The SMILES string of the molecule is COC[C@H]1CN(C(C)C)C(=O)c2c(O)c(=O)c(-c3nnc(Cc4ccc(F)c(Cl)c4)s3)cn21. The van der Waals surface area contributed by atoms with Gasteiger partial charge in [0.1, 0.15) is 10.8 Å². The minimum absolute atomic E-state index is 0.0133. The van der Waals surface area contributed by atoms with Gasteiger partial charge in [0, 0.05) is 32.3 Å². The van der Waals surface area contributed by atoms with Crippen molar-refractivity contribution in [2.24, 2.45) is 0 Å². The molecule has 4 rings (SSSR count). The minimum atomic E-state index is -0.691. The molecule has 2 aromatic heterocycles. The Morgan fingerprint density at radius 3 is 2.76 bits per heavy atom. The largest absolute Gasteiger partial charge is 0.503 e. The van der Waals surface area contributed by atoms with E-state index in [0.717, 1.165) is 5.56 Å². The van der Waals surface area contributed by atoms with Crippen LogP contribution in [0.1, 0.15) is 40.9 Å². The van der Waals surface area contributed by atoms with E-state index in [1.54, 1.807) is 22.6 Å². The first kappa shape index (κ1) is 23.3. The average molecular weight is 493 g/mol. The number of aromatic hydroxyl groups is 1. The van der Waals surface area contributed by atoms with Gasteiger partial charge in [-0.2, -0.15) is 0 Å². The third kappa shape index (κ3) is 4.38. The number of aromatic nitrogens is 3. The molecule has 3 heterocycles. The lowest BCUT2D eigenvalue weighted by Gasteiger charge is -2.38. The van der Waals surface area contributed by atoms with Gasteiger partial charge < -0.3 is 19.3 Å². The number of amides is 1. The molecule has 1 atom stereocenters. The lowest BCUT2D eigenvalue weighted by molar-refractivity contribution is 0.0511. The number of carbonyl (C=O) groups is 1. The number of pyridine rings is 1. The average Bonchev–Trinajstić information content (AvgIpc) is 3.22. The molecule has 0 aliphatic carbocycles. The van der Waals surface area contributed by atoms with Crippen LogP contribution in [0.3, 0.4) is 0 Å². The van der Waals surface area contributed by atoms with E-state index < -0.39 is 22.9 Å². The van der Waals surface area contributed by atoms with Crippen LogP contribution in [-0.2, 0) is 11.2 Å². The van der Waals surface area contributed by atoms with E-state index in [2.05, 4.69) is 10.2 Å². The second-order valence-corrected chi connectivity index (χ2v) is 9.53. The number of carbonyl (C=O) groups excluding carboxylic acids is 1. The third-order valence-electron chi connectivity index (χ3n) is 5.49. The molecular weight excluding hydrogens is 471 g/mol. The molecule has 0 unspecified atom stereocenters. The quantitative estimate of drug-likeness (QED) is 0.565. The second kappa shape index (κ2) is 9.20. The molecule has 0 spiro atoms. The third-order valence-corrected chi connectivity index (χ3v) is 6.74. The van der Waals surface area contributed by atoms with Gasteiger partial charge in [0.25, 0.3) is 5.91 Å². The summed E-state index contributed by atoms with van der Waals surface area (Å²) in [5, 5.41) is 19.9. The molecule has 11 heteroatoms. The fourth-order valence-electron chi connectivity index (χ4n) is 3.83. The van der Waals surface area contributed by atoms with Crippen LogP contribution in [0.25, 0.3) is 10.6 Å². The highest BCUT2D eigenvalue weighted by atomic mass is 35.5. The van der Waals surface area contributed by atoms with Crippen LogP contribution in [-0.4, -0.2) is 57.0 Å². The zero-order valence-electron chi connectivity index (χ0n) is 18.2. The minimum Gasteiger partial charge on any atom is -0.503 e. The number of rotatable bonds is 6. The molecule has 0 fully saturated rings. The van der Waals surface area contributed by atoms with Crippen molar-refractivity contribution in [1.29, 1.82) is 0 Å². The molecule has 1 aromatic carbocycles. The van der Waals surface area contributed by atoms with Crippen molar-refractivity contribution in [2.75, 3.05) is 20.3 Å². The highest BCUT2D eigenvalue weighted by Gasteiger charge is 2.36. The predicted molar refractivity (Wildman–Crippen MR) is 123 cm³/mol. The molecular formula is C22H22ClFN4O4S. The molecule has 1 N–H and O–H groups in total. The van der Waals surface area contributed by atoms with Crippen molar-refractivity contribution in [3.8, 4) is 16.3 Å². The lowest BCUT2D eigenvalue weighted by Crippen LogP contribution is -2.48. The zero-order chi connectivity index (χ0) is 23.9. The van der Waals surface area contributed by atoms with Crippen molar-refractivity contribution < 1.29 is 19.0 Å². The van der Waals surface area contributed by atoms with Crippen LogP contribution in [0, 0.1) is 5.82 Å². The highest BCUT2D eigenvalue weighted by Crippen LogP contribution is 2.32. The summed E-state index contributed by atoms with van der Waals surface area (Å²) in [6, 6.07) is 4.00. The van der Waals surface area contributed by atoms with Crippen LogP contribution in [0.4, 0.5) is 4.39 Å². The van der Waals surface area contributed by atoms with Crippen LogP contribution >= 0.6 is 22.9 Å². The summed E-state index contributed by atoms with van der Waals surface area (Å²) in [6.07, 6.45) is 1.89. The molecule has 1 aliphatic heterocycles. The van der Waals surface area contributed by atoms with Gasteiger partial charge in [-0.3, -0.25) is 9.59 Å².